The van der Waals surface area contributed by atoms with E-state index in [0.29, 0.717) is 25.9 Å². The van der Waals surface area contributed by atoms with Crippen LogP contribution in [0.3, 0.4) is 0 Å². The molecule has 1 aromatic rings. The molecule has 2 aliphatic rings. The van der Waals surface area contributed by atoms with Crippen molar-refractivity contribution in [2.24, 2.45) is 18.9 Å². The van der Waals surface area contributed by atoms with Crippen LogP contribution in [0.2, 0.25) is 0 Å². The van der Waals surface area contributed by atoms with Crippen LogP contribution >= 0.6 is 0 Å². The maximum absolute atomic E-state index is 12.9. The fourth-order valence-corrected chi connectivity index (χ4v) is 3.99. The number of piperidine rings is 1. The van der Waals surface area contributed by atoms with Gasteiger partial charge in [-0.25, -0.2) is 0 Å². The Morgan fingerprint density at radius 1 is 1.21 bits per heavy atom. The molecule has 1 aliphatic carbocycles. The molecule has 0 aromatic carbocycles. The van der Waals surface area contributed by atoms with Gasteiger partial charge in [0.25, 0.3) is 0 Å². The average molecular weight is 344 g/mol. The highest BCUT2D eigenvalue weighted by atomic mass is 19.4. The van der Waals surface area contributed by atoms with E-state index in [2.05, 4.69) is 10.2 Å². The SMILES string of the molecule is Cn1cnnc1C1CCN(C(=O)[C@H]2CCC[C@H](C(F)(F)F)C2)CC1. The summed E-state index contributed by atoms with van der Waals surface area (Å²) in [4.78, 5) is 14.4. The van der Waals surface area contributed by atoms with Crippen LogP contribution < -0.4 is 0 Å². The highest BCUT2D eigenvalue weighted by Crippen LogP contribution is 2.40. The highest BCUT2D eigenvalue weighted by molar-refractivity contribution is 5.79. The van der Waals surface area contributed by atoms with E-state index in [4.69, 9.17) is 0 Å². The van der Waals surface area contributed by atoms with Crippen LogP contribution in [0.25, 0.3) is 0 Å². The van der Waals surface area contributed by atoms with Crippen molar-refractivity contribution in [3.63, 3.8) is 0 Å². The molecule has 1 amide bonds. The first-order chi connectivity index (χ1) is 11.4. The Kier molecular flexibility index (Phi) is 4.83. The number of carbonyl (C=O) groups excluding carboxylic acids is 1. The van der Waals surface area contributed by atoms with Gasteiger partial charge in [0.15, 0.2) is 0 Å². The highest BCUT2D eigenvalue weighted by Gasteiger charge is 2.44. The predicted octanol–water partition coefficient (Wildman–Crippen LogP) is 2.89. The van der Waals surface area contributed by atoms with Crippen LogP contribution in [0.5, 0.6) is 0 Å². The Hall–Kier alpha value is -1.60. The minimum absolute atomic E-state index is 0.0501. The molecule has 2 heterocycles. The summed E-state index contributed by atoms with van der Waals surface area (Å²) in [5, 5.41) is 8.00. The summed E-state index contributed by atoms with van der Waals surface area (Å²) in [6.45, 7) is 1.17. The van der Waals surface area contributed by atoms with Gasteiger partial charge in [0, 0.05) is 32.0 Å². The summed E-state index contributed by atoms with van der Waals surface area (Å²) in [7, 11) is 1.90. The Morgan fingerprint density at radius 2 is 1.92 bits per heavy atom. The topological polar surface area (TPSA) is 51.0 Å². The standard InChI is InChI=1S/C16H23F3N4O/c1-22-10-20-21-14(22)11-5-7-23(8-6-11)15(24)12-3-2-4-13(9-12)16(17,18)19/h10-13H,2-9H2,1H3/t12-,13-/m0/s1. The number of likely N-dealkylation sites (tertiary alicyclic amines) is 1. The first kappa shape index (κ1) is 17.2. The Morgan fingerprint density at radius 3 is 2.50 bits per heavy atom. The van der Waals surface area contributed by atoms with Gasteiger partial charge in [-0.3, -0.25) is 4.79 Å². The third kappa shape index (κ3) is 3.57. The van der Waals surface area contributed by atoms with E-state index in [1.54, 1.807) is 11.2 Å². The molecule has 2 fully saturated rings. The summed E-state index contributed by atoms with van der Waals surface area (Å²) >= 11 is 0. The number of hydrogen-bond donors (Lipinski definition) is 0. The second-order valence-electron chi connectivity index (χ2n) is 7.00. The second kappa shape index (κ2) is 6.72. The normalized spacial score (nSPS) is 26.6. The molecule has 0 bridgehead atoms. The van der Waals surface area contributed by atoms with Crippen molar-refractivity contribution in [2.45, 2.75) is 50.6 Å². The van der Waals surface area contributed by atoms with Gasteiger partial charge in [0.2, 0.25) is 5.91 Å². The summed E-state index contributed by atoms with van der Waals surface area (Å²) in [5.41, 5.74) is 0. The van der Waals surface area contributed by atoms with Crippen molar-refractivity contribution in [3.05, 3.63) is 12.2 Å². The van der Waals surface area contributed by atoms with Crippen molar-refractivity contribution in [2.75, 3.05) is 13.1 Å². The number of rotatable bonds is 2. The number of aryl methyl sites for hydroxylation is 1. The number of nitrogens with zero attached hydrogens (tertiary/aromatic N) is 4. The number of carbonyl (C=O) groups is 1. The van der Waals surface area contributed by atoms with E-state index < -0.39 is 18.0 Å². The molecule has 3 rings (SSSR count). The lowest BCUT2D eigenvalue weighted by atomic mass is 9.80. The molecular weight excluding hydrogens is 321 g/mol. The van der Waals surface area contributed by atoms with Gasteiger partial charge in [-0.05, 0) is 32.1 Å². The summed E-state index contributed by atoms with van der Waals surface area (Å²) in [5.74, 6) is -0.721. The minimum atomic E-state index is -4.18. The zero-order valence-corrected chi connectivity index (χ0v) is 13.8. The molecule has 8 heteroatoms. The van der Waals surface area contributed by atoms with Crippen molar-refractivity contribution in [3.8, 4) is 0 Å². The van der Waals surface area contributed by atoms with E-state index in [0.717, 1.165) is 18.7 Å². The molecule has 0 unspecified atom stereocenters. The van der Waals surface area contributed by atoms with Crippen LogP contribution in [0.1, 0.15) is 50.3 Å². The number of alkyl halides is 3. The summed E-state index contributed by atoms with van der Waals surface area (Å²) in [6.07, 6.45) is 0.211. The van der Waals surface area contributed by atoms with Gasteiger partial charge in [0.05, 0.1) is 5.92 Å². The molecule has 1 aromatic heterocycles. The third-order valence-electron chi connectivity index (χ3n) is 5.40. The molecular formula is C16H23F3N4O. The third-order valence-corrected chi connectivity index (χ3v) is 5.40. The molecule has 134 valence electrons. The quantitative estimate of drug-likeness (QED) is 0.829. The predicted molar refractivity (Wildman–Crippen MR) is 81.1 cm³/mol. The Bertz CT molecular complexity index is 578. The smallest absolute Gasteiger partial charge is 0.342 e. The molecule has 24 heavy (non-hydrogen) atoms. The lowest BCUT2D eigenvalue weighted by molar-refractivity contribution is -0.187. The van der Waals surface area contributed by atoms with Gasteiger partial charge >= 0.3 is 6.18 Å². The number of halogens is 3. The number of amides is 1. The Balaban J connectivity index is 1.56. The van der Waals surface area contributed by atoms with E-state index in [-0.39, 0.29) is 24.7 Å². The van der Waals surface area contributed by atoms with Crippen LogP contribution in [-0.2, 0) is 11.8 Å². The molecule has 5 nitrogen and oxygen atoms in total. The van der Waals surface area contributed by atoms with Gasteiger partial charge in [-0.15, -0.1) is 10.2 Å². The summed E-state index contributed by atoms with van der Waals surface area (Å²) in [6, 6.07) is 0. The first-order valence-corrected chi connectivity index (χ1v) is 8.55. The summed E-state index contributed by atoms with van der Waals surface area (Å²) < 4.78 is 40.7. The average Bonchev–Trinajstić information content (AvgIpc) is 3.00. The maximum Gasteiger partial charge on any atom is 0.391 e. The minimum Gasteiger partial charge on any atom is -0.342 e. The lowest BCUT2D eigenvalue weighted by Gasteiger charge is -2.36. The van der Waals surface area contributed by atoms with Crippen LogP contribution in [0.15, 0.2) is 6.33 Å². The largest absolute Gasteiger partial charge is 0.391 e. The second-order valence-corrected chi connectivity index (χ2v) is 7.00. The van der Waals surface area contributed by atoms with Gasteiger partial charge in [-0.2, -0.15) is 13.2 Å². The van der Waals surface area contributed by atoms with Crippen molar-refractivity contribution in [1.82, 2.24) is 19.7 Å². The molecule has 1 aliphatic heterocycles. The van der Waals surface area contributed by atoms with Crippen molar-refractivity contribution in [1.29, 1.82) is 0 Å². The van der Waals surface area contributed by atoms with Gasteiger partial charge in [-0.1, -0.05) is 6.42 Å². The zero-order chi connectivity index (χ0) is 17.3. The first-order valence-electron chi connectivity index (χ1n) is 8.55. The van der Waals surface area contributed by atoms with Crippen molar-refractivity contribution < 1.29 is 18.0 Å². The van der Waals surface area contributed by atoms with E-state index in [9.17, 15) is 18.0 Å². The molecule has 0 N–H and O–H groups in total. The fourth-order valence-electron chi connectivity index (χ4n) is 3.99. The molecule has 0 spiro atoms. The van der Waals surface area contributed by atoms with Crippen LogP contribution in [0, 0.1) is 11.8 Å². The van der Waals surface area contributed by atoms with E-state index >= 15 is 0 Å². The van der Waals surface area contributed by atoms with Crippen molar-refractivity contribution >= 4 is 5.91 Å². The number of hydrogen-bond acceptors (Lipinski definition) is 3. The number of aromatic nitrogens is 3. The maximum atomic E-state index is 12.9. The van der Waals surface area contributed by atoms with E-state index in [1.165, 1.54) is 0 Å². The Labute approximate surface area is 139 Å². The monoisotopic (exact) mass is 344 g/mol. The van der Waals surface area contributed by atoms with Crippen LogP contribution in [0.4, 0.5) is 13.2 Å². The van der Waals surface area contributed by atoms with Gasteiger partial charge < -0.3 is 9.47 Å². The van der Waals surface area contributed by atoms with Gasteiger partial charge in [0.1, 0.15) is 12.2 Å². The molecule has 1 saturated carbocycles. The van der Waals surface area contributed by atoms with E-state index in [1.807, 2.05) is 11.6 Å². The zero-order valence-electron chi connectivity index (χ0n) is 13.8. The lowest BCUT2D eigenvalue weighted by Crippen LogP contribution is -2.43. The molecule has 0 radical (unpaired) electrons. The molecule has 1 saturated heterocycles. The van der Waals surface area contributed by atoms with Crippen LogP contribution in [-0.4, -0.2) is 44.8 Å². The molecule has 2 atom stereocenters. The fraction of sp³-hybridized carbons (Fsp3) is 0.812.